The quantitative estimate of drug-likeness (QED) is 0.480. The Kier molecular flexibility index (Phi) is 5.31. The number of Topliss-reactive ketones (excluding diaryl/α,β-unsaturated/α-hetero) is 1. The summed E-state index contributed by atoms with van der Waals surface area (Å²) in [5.41, 5.74) is 1.66. The topological polar surface area (TPSA) is 74.3 Å². The van der Waals surface area contributed by atoms with E-state index in [4.69, 9.17) is 9.15 Å². The number of furan rings is 1. The van der Waals surface area contributed by atoms with Crippen LogP contribution < -0.4 is 0 Å². The van der Waals surface area contributed by atoms with Crippen LogP contribution in [-0.2, 0) is 17.7 Å². The van der Waals surface area contributed by atoms with Crippen LogP contribution in [-0.4, -0.2) is 27.6 Å². The molecule has 0 bridgehead atoms. The second-order valence-electron chi connectivity index (χ2n) is 5.93. The first-order valence-electron chi connectivity index (χ1n) is 8.47. The fourth-order valence-electron chi connectivity index (χ4n) is 2.54. The van der Waals surface area contributed by atoms with E-state index in [1.807, 2.05) is 19.1 Å². The Bertz CT molecular complexity index is 879. The highest BCUT2D eigenvalue weighted by Gasteiger charge is 2.22. The number of carbonyl (C=O) groups excluding carboxylic acids is 2. The van der Waals surface area contributed by atoms with Crippen molar-refractivity contribution in [1.82, 2.24) is 9.78 Å². The molecule has 0 aliphatic carbocycles. The van der Waals surface area contributed by atoms with Gasteiger partial charge in [0.15, 0.2) is 6.10 Å². The van der Waals surface area contributed by atoms with Crippen molar-refractivity contribution in [3.8, 4) is 0 Å². The van der Waals surface area contributed by atoms with E-state index in [1.54, 1.807) is 48.3 Å². The van der Waals surface area contributed by atoms with Crippen LogP contribution in [0.2, 0.25) is 0 Å². The summed E-state index contributed by atoms with van der Waals surface area (Å²) in [4.78, 5) is 24.6. The molecule has 134 valence electrons. The van der Waals surface area contributed by atoms with Gasteiger partial charge in [0, 0.05) is 18.0 Å². The zero-order valence-electron chi connectivity index (χ0n) is 14.7. The standard InChI is InChI=1S/C20H20N2O4/c1-3-15-5-7-16(8-6-15)19(23)14(2)25-20(24)18-10-9-17(26-18)13-22-12-4-11-21-22/h4-12,14H,3,13H2,1-2H3. The highest BCUT2D eigenvalue weighted by Crippen LogP contribution is 2.14. The predicted molar refractivity (Wildman–Crippen MR) is 95.1 cm³/mol. The zero-order chi connectivity index (χ0) is 18.5. The maximum absolute atomic E-state index is 12.4. The average Bonchev–Trinajstić information content (AvgIpc) is 3.33. The third kappa shape index (κ3) is 4.08. The van der Waals surface area contributed by atoms with Gasteiger partial charge in [-0.05, 0) is 37.1 Å². The fraction of sp³-hybridized carbons (Fsp3) is 0.250. The van der Waals surface area contributed by atoms with Crippen molar-refractivity contribution in [2.24, 2.45) is 0 Å². The van der Waals surface area contributed by atoms with E-state index < -0.39 is 12.1 Å². The van der Waals surface area contributed by atoms with E-state index in [0.29, 0.717) is 17.9 Å². The van der Waals surface area contributed by atoms with Crippen LogP contribution in [0, 0.1) is 0 Å². The number of ether oxygens (including phenoxy) is 1. The second-order valence-corrected chi connectivity index (χ2v) is 5.93. The fourth-order valence-corrected chi connectivity index (χ4v) is 2.54. The molecule has 1 atom stereocenters. The summed E-state index contributed by atoms with van der Waals surface area (Å²) in [7, 11) is 0. The lowest BCUT2D eigenvalue weighted by Crippen LogP contribution is -2.24. The molecule has 0 aliphatic rings. The van der Waals surface area contributed by atoms with Gasteiger partial charge in [-0.15, -0.1) is 0 Å². The molecule has 0 radical (unpaired) electrons. The van der Waals surface area contributed by atoms with Gasteiger partial charge in [0.2, 0.25) is 11.5 Å². The summed E-state index contributed by atoms with van der Waals surface area (Å²) in [6.07, 6.45) is 3.47. The lowest BCUT2D eigenvalue weighted by atomic mass is 10.0. The molecule has 2 aromatic heterocycles. The van der Waals surface area contributed by atoms with E-state index in [9.17, 15) is 9.59 Å². The zero-order valence-corrected chi connectivity index (χ0v) is 14.7. The molecule has 6 heteroatoms. The number of aromatic nitrogens is 2. The Labute approximate surface area is 151 Å². The van der Waals surface area contributed by atoms with Crippen LogP contribution in [0.3, 0.4) is 0 Å². The minimum Gasteiger partial charge on any atom is -0.452 e. The summed E-state index contributed by atoms with van der Waals surface area (Å²) < 4.78 is 12.4. The normalized spacial score (nSPS) is 11.9. The van der Waals surface area contributed by atoms with E-state index in [2.05, 4.69) is 5.10 Å². The van der Waals surface area contributed by atoms with Gasteiger partial charge in [-0.3, -0.25) is 9.48 Å². The molecule has 2 heterocycles. The van der Waals surface area contributed by atoms with Gasteiger partial charge in [0.05, 0.1) is 6.54 Å². The molecule has 3 rings (SSSR count). The largest absolute Gasteiger partial charge is 0.452 e. The van der Waals surface area contributed by atoms with E-state index in [1.165, 1.54) is 6.07 Å². The van der Waals surface area contributed by atoms with Gasteiger partial charge in [0.25, 0.3) is 0 Å². The molecule has 1 unspecified atom stereocenters. The van der Waals surface area contributed by atoms with Crippen LogP contribution in [0.1, 0.15) is 46.1 Å². The molecule has 0 saturated heterocycles. The number of nitrogens with zero attached hydrogens (tertiary/aromatic N) is 2. The van der Waals surface area contributed by atoms with Crippen LogP contribution in [0.4, 0.5) is 0 Å². The highest BCUT2D eigenvalue weighted by atomic mass is 16.6. The van der Waals surface area contributed by atoms with Crippen molar-refractivity contribution >= 4 is 11.8 Å². The lowest BCUT2D eigenvalue weighted by molar-refractivity contribution is 0.0287. The van der Waals surface area contributed by atoms with E-state index >= 15 is 0 Å². The highest BCUT2D eigenvalue weighted by molar-refractivity contribution is 6.01. The van der Waals surface area contributed by atoms with Crippen molar-refractivity contribution in [3.05, 3.63) is 77.5 Å². The lowest BCUT2D eigenvalue weighted by Gasteiger charge is -2.11. The number of esters is 1. The Morgan fingerprint density at radius 1 is 1.19 bits per heavy atom. The first-order valence-corrected chi connectivity index (χ1v) is 8.47. The molecule has 0 N–H and O–H groups in total. The van der Waals surface area contributed by atoms with E-state index in [-0.39, 0.29) is 11.5 Å². The SMILES string of the molecule is CCc1ccc(C(=O)C(C)OC(=O)c2ccc(Cn3cccn3)o2)cc1. The maximum Gasteiger partial charge on any atom is 0.374 e. The first-order chi connectivity index (χ1) is 12.6. The van der Waals surface area contributed by atoms with Gasteiger partial charge in [-0.25, -0.2) is 4.79 Å². The maximum atomic E-state index is 12.4. The average molecular weight is 352 g/mol. The van der Waals surface area contributed by atoms with Crippen molar-refractivity contribution in [3.63, 3.8) is 0 Å². The Balaban J connectivity index is 1.61. The van der Waals surface area contributed by atoms with Gasteiger partial charge >= 0.3 is 5.97 Å². The molecular formula is C20H20N2O4. The van der Waals surface area contributed by atoms with Crippen LogP contribution >= 0.6 is 0 Å². The summed E-state index contributed by atoms with van der Waals surface area (Å²) in [5, 5.41) is 4.08. The number of rotatable bonds is 7. The van der Waals surface area contributed by atoms with E-state index in [0.717, 1.165) is 12.0 Å². The molecule has 26 heavy (non-hydrogen) atoms. The van der Waals surface area contributed by atoms with Gasteiger partial charge in [-0.2, -0.15) is 5.10 Å². The van der Waals surface area contributed by atoms with Gasteiger partial charge in [0.1, 0.15) is 5.76 Å². The molecule has 0 amide bonds. The third-order valence-corrected chi connectivity index (χ3v) is 4.04. The summed E-state index contributed by atoms with van der Waals surface area (Å²) in [6, 6.07) is 12.3. The molecule has 0 fully saturated rings. The molecule has 3 aromatic rings. The number of hydrogen-bond acceptors (Lipinski definition) is 5. The summed E-state index contributed by atoms with van der Waals surface area (Å²) in [6.45, 7) is 4.02. The van der Waals surface area contributed by atoms with Crippen LogP contribution in [0.5, 0.6) is 0 Å². The van der Waals surface area contributed by atoms with Gasteiger partial charge in [-0.1, -0.05) is 31.2 Å². The smallest absolute Gasteiger partial charge is 0.374 e. The minimum absolute atomic E-state index is 0.0631. The number of benzene rings is 1. The van der Waals surface area contributed by atoms with Gasteiger partial charge < -0.3 is 9.15 Å². The molecule has 1 aromatic carbocycles. The number of aryl methyl sites for hydroxylation is 1. The van der Waals surface area contributed by atoms with Crippen molar-refractivity contribution in [2.45, 2.75) is 32.9 Å². The Morgan fingerprint density at radius 2 is 1.96 bits per heavy atom. The molecule has 0 aliphatic heterocycles. The predicted octanol–water partition coefficient (Wildman–Crippen LogP) is 3.52. The first kappa shape index (κ1) is 17.7. The number of ketones is 1. The number of carbonyl (C=O) groups is 2. The van der Waals surface area contributed by atoms with Crippen molar-refractivity contribution in [2.75, 3.05) is 0 Å². The molecule has 0 saturated carbocycles. The monoisotopic (exact) mass is 352 g/mol. The Hall–Kier alpha value is -3.15. The van der Waals surface area contributed by atoms with Crippen LogP contribution in [0.15, 0.2) is 59.3 Å². The third-order valence-electron chi connectivity index (χ3n) is 4.04. The summed E-state index contributed by atoms with van der Waals surface area (Å²) in [5.74, 6) is -0.269. The number of hydrogen-bond donors (Lipinski definition) is 0. The molecular weight excluding hydrogens is 332 g/mol. The van der Waals surface area contributed by atoms with Crippen molar-refractivity contribution < 1.29 is 18.7 Å². The minimum atomic E-state index is -0.894. The molecule has 6 nitrogen and oxygen atoms in total. The van der Waals surface area contributed by atoms with Crippen LogP contribution in [0.25, 0.3) is 0 Å². The molecule has 0 spiro atoms. The summed E-state index contributed by atoms with van der Waals surface area (Å²) >= 11 is 0. The second kappa shape index (κ2) is 7.82. The van der Waals surface area contributed by atoms with Crippen molar-refractivity contribution in [1.29, 1.82) is 0 Å². The Morgan fingerprint density at radius 3 is 2.62 bits per heavy atom.